The molecule has 1 saturated carbocycles. The standard InChI is InChI=1S/C17H15Cl2FN4/c18-11-7-4-8-12(20)13(11)14-15(10-5-2-1-3-6-10)24-17(21-9-22-24)23-16(14)19/h4,7-10H,1-3,5-6H2. The number of hydrogen-bond acceptors (Lipinski definition) is 3. The molecule has 2 heterocycles. The van der Waals surface area contributed by atoms with Crippen LogP contribution in [0.25, 0.3) is 16.9 Å². The minimum atomic E-state index is -0.414. The van der Waals surface area contributed by atoms with Crippen LogP contribution in [-0.2, 0) is 0 Å². The Morgan fingerprint density at radius 3 is 2.62 bits per heavy atom. The zero-order valence-electron chi connectivity index (χ0n) is 12.8. The van der Waals surface area contributed by atoms with E-state index < -0.39 is 5.82 Å². The molecule has 0 bridgehead atoms. The van der Waals surface area contributed by atoms with Crippen molar-refractivity contribution >= 4 is 29.0 Å². The summed E-state index contributed by atoms with van der Waals surface area (Å²) in [7, 11) is 0. The van der Waals surface area contributed by atoms with Gasteiger partial charge in [-0.15, -0.1) is 0 Å². The fourth-order valence-corrected chi connectivity index (χ4v) is 4.08. The fraction of sp³-hybridized carbons (Fsp3) is 0.353. The van der Waals surface area contributed by atoms with Crippen molar-refractivity contribution in [2.75, 3.05) is 0 Å². The molecule has 0 amide bonds. The first-order chi connectivity index (χ1) is 11.7. The lowest BCUT2D eigenvalue weighted by molar-refractivity contribution is 0.431. The highest BCUT2D eigenvalue weighted by molar-refractivity contribution is 6.36. The Morgan fingerprint density at radius 2 is 1.88 bits per heavy atom. The van der Waals surface area contributed by atoms with Crippen LogP contribution in [-0.4, -0.2) is 19.6 Å². The van der Waals surface area contributed by atoms with E-state index in [1.54, 1.807) is 16.6 Å². The minimum Gasteiger partial charge on any atom is -0.206 e. The van der Waals surface area contributed by atoms with Gasteiger partial charge in [-0.25, -0.2) is 8.91 Å². The SMILES string of the molecule is Fc1cccc(Cl)c1-c1c(Cl)nc2ncnn2c1C1CCCCC1. The van der Waals surface area contributed by atoms with E-state index in [0.29, 0.717) is 16.4 Å². The average molecular weight is 365 g/mol. The van der Waals surface area contributed by atoms with Crippen molar-refractivity contribution in [2.24, 2.45) is 0 Å². The van der Waals surface area contributed by atoms with Crippen LogP contribution in [0, 0.1) is 5.82 Å². The van der Waals surface area contributed by atoms with Gasteiger partial charge in [0.2, 0.25) is 0 Å². The third-order valence-corrected chi connectivity index (χ3v) is 5.21. The predicted molar refractivity (Wildman–Crippen MR) is 92.0 cm³/mol. The first kappa shape index (κ1) is 15.8. The zero-order valence-corrected chi connectivity index (χ0v) is 14.4. The summed E-state index contributed by atoms with van der Waals surface area (Å²) in [5.74, 6) is 0.244. The van der Waals surface area contributed by atoms with Gasteiger partial charge in [-0.1, -0.05) is 48.5 Å². The smallest absolute Gasteiger partial charge is 0.206 e. The second-order valence-corrected chi connectivity index (χ2v) is 6.83. The van der Waals surface area contributed by atoms with Crippen LogP contribution < -0.4 is 0 Å². The van der Waals surface area contributed by atoms with Crippen molar-refractivity contribution in [3.8, 4) is 11.1 Å². The molecule has 0 aliphatic heterocycles. The van der Waals surface area contributed by atoms with Crippen LogP contribution in [0.1, 0.15) is 43.7 Å². The van der Waals surface area contributed by atoms with Gasteiger partial charge in [0.1, 0.15) is 17.3 Å². The monoisotopic (exact) mass is 364 g/mol. The topological polar surface area (TPSA) is 43.1 Å². The van der Waals surface area contributed by atoms with E-state index in [1.807, 2.05) is 0 Å². The molecule has 7 heteroatoms. The predicted octanol–water partition coefficient (Wildman–Crippen LogP) is 5.28. The quantitative estimate of drug-likeness (QED) is 0.580. The normalized spacial score (nSPS) is 16.0. The number of halogens is 3. The number of rotatable bonds is 2. The Kier molecular flexibility index (Phi) is 4.14. The lowest BCUT2D eigenvalue weighted by Gasteiger charge is -2.25. The molecule has 0 saturated heterocycles. The molecule has 2 aromatic heterocycles. The van der Waals surface area contributed by atoms with Crippen LogP contribution in [0.15, 0.2) is 24.5 Å². The molecule has 0 unspecified atom stereocenters. The van der Waals surface area contributed by atoms with E-state index in [4.69, 9.17) is 23.2 Å². The van der Waals surface area contributed by atoms with Crippen LogP contribution in [0.3, 0.4) is 0 Å². The highest BCUT2D eigenvalue weighted by Gasteiger charge is 2.28. The van der Waals surface area contributed by atoms with Crippen molar-refractivity contribution in [3.05, 3.63) is 46.2 Å². The van der Waals surface area contributed by atoms with Crippen molar-refractivity contribution in [2.45, 2.75) is 38.0 Å². The molecular weight excluding hydrogens is 350 g/mol. The third kappa shape index (κ3) is 2.56. The Bertz CT molecular complexity index is 883. The number of benzene rings is 1. The molecule has 124 valence electrons. The zero-order chi connectivity index (χ0) is 16.7. The van der Waals surface area contributed by atoms with Gasteiger partial charge in [0, 0.05) is 17.0 Å². The summed E-state index contributed by atoms with van der Waals surface area (Å²) in [4.78, 5) is 8.42. The second kappa shape index (κ2) is 6.30. The average Bonchev–Trinajstić information content (AvgIpc) is 3.03. The molecule has 1 aliphatic rings. The molecule has 4 rings (SSSR count). The maximum Gasteiger partial charge on any atom is 0.253 e. The molecule has 24 heavy (non-hydrogen) atoms. The van der Waals surface area contributed by atoms with Gasteiger partial charge < -0.3 is 0 Å². The molecule has 1 aromatic carbocycles. The molecule has 0 spiro atoms. The molecule has 0 atom stereocenters. The summed E-state index contributed by atoms with van der Waals surface area (Å²) in [5, 5.41) is 4.83. The lowest BCUT2D eigenvalue weighted by Crippen LogP contribution is -2.14. The fourth-order valence-electron chi connectivity index (χ4n) is 3.56. The number of fused-ring (bicyclic) bond motifs is 1. The first-order valence-electron chi connectivity index (χ1n) is 8.00. The van der Waals surface area contributed by atoms with Crippen LogP contribution in [0.4, 0.5) is 4.39 Å². The lowest BCUT2D eigenvalue weighted by atomic mass is 9.84. The highest BCUT2D eigenvalue weighted by atomic mass is 35.5. The van der Waals surface area contributed by atoms with Gasteiger partial charge in [-0.05, 0) is 25.0 Å². The minimum absolute atomic E-state index is 0.211. The van der Waals surface area contributed by atoms with Gasteiger partial charge in [-0.2, -0.15) is 15.1 Å². The molecule has 4 nitrogen and oxygen atoms in total. The van der Waals surface area contributed by atoms with Crippen molar-refractivity contribution in [1.82, 2.24) is 19.6 Å². The summed E-state index contributed by atoms with van der Waals surface area (Å²) in [6.45, 7) is 0. The molecule has 3 aromatic rings. The van der Waals surface area contributed by atoms with Crippen LogP contribution in [0.5, 0.6) is 0 Å². The van der Waals surface area contributed by atoms with Gasteiger partial charge >= 0.3 is 0 Å². The van der Waals surface area contributed by atoms with Gasteiger partial charge in [-0.3, -0.25) is 0 Å². The number of aromatic nitrogens is 4. The maximum absolute atomic E-state index is 14.6. The van der Waals surface area contributed by atoms with E-state index in [0.717, 1.165) is 31.4 Å². The molecule has 1 aliphatic carbocycles. The summed E-state index contributed by atoms with van der Waals surface area (Å²) < 4.78 is 16.3. The molecule has 1 fully saturated rings. The molecular formula is C17H15Cl2FN4. The number of nitrogens with zero attached hydrogens (tertiary/aromatic N) is 4. The third-order valence-electron chi connectivity index (χ3n) is 4.62. The van der Waals surface area contributed by atoms with E-state index in [-0.39, 0.29) is 16.6 Å². The first-order valence-corrected chi connectivity index (χ1v) is 8.76. The molecule has 0 radical (unpaired) electrons. The number of hydrogen-bond donors (Lipinski definition) is 0. The summed E-state index contributed by atoms with van der Waals surface area (Å²) >= 11 is 12.7. The van der Waals surface area contributed by atoms with Gasteiger partial charge in [0.25, 0.3) is 5.78 Å². The van der Waals surface area contributed by atoms with Crippen molar-refractivity contribution in [3.63, 3.8) is 0 Å². The second-order valence-electron chi connectivity index (χ2n) is 6.07. The van der Waals surface area contributed by atoms with E-state index in [2.05, 4.69) is 15.1 Å². The van der Waals surface area contributed by atoms with Gasteiger partial charge in [0.05, 0.1) is 10.7 Å². The Labute approximate surface area is 148 Å². The Balaban J connectivity index is 2.05. The van der Waals surface area contributed by atoms with E-state index in [1.165, 1.54) is 18.8 Å². The summed E-state index contributed by atoms with van der Waals surface area (Å²) in [5.41, 5.74) is 1.67. The van der Waals surface area contributed by atoms with Gasteiger partial charge in [0.15, 0.2) is 0 Å². The highest BCUT2D eigenvalue weighted by Crippen LogP contribution is 2.43. The maximum atomic E-state index is 14.6. The molecule has 0 N–H and O–H groups in total. The van der Waals surface area contributed by atoms with E-state index in [9.17, 15) is 4.39 Å². The van der Waals surface area contributed by atoms with Crippen LogP contribution >= 0.6 is 23.2 Å². The Morgan fingerprint density at radius 1 is 1.08 bits per heavy atom. The van der Waals surface area contributed by atoms with Crippen LogP contribution in [0.2, 0.25) is 10.2 Å². The van der Waals surface area contributed by atoms with E-state index >= 15 is 0 Å². The van der Waals surface area contributed by atoms with Crippen molar-refractivity contribution < 1.29 is 4.39 Å². The summed E-state index contributed by atoms with van der Waals surface area (Å²) in [6.07, 6.45) is 6.93. The summed E-state index contributed by atoms with van der Waals surface area (Å²) in [6, 6.07) is 4.62. The van der Waals surface area contributed by atoms with Crippen molar-refractivity contribution in [1.29, 1.82) is 0 Å². The largest absolute Gasteiger partial charge is 0.253 e. The Hall–Kier alpha value is -1.72.